The molecule has 0 spiro atoms. The van der Waals surface area contributed by atoms with Gasteiger partial charge in [0.15, 0.2) is 5.43 Å². The molecule has 4 aromatic rings. The molecule has 0 amide bonds. The second-order valence-electron chi connectivity index (χ2n) is 5.88. The van der Waals surface area contributed by atoms with Crippen LogP contribution in [-0.4, -0.2) is 21.6 Å². The van der Waals surface area contributed by atoms with Gasteiger partial charge in [-0.05, 0) is 36.2 Å². The first-order valence-electron chi connectivity index (χ1n) is 7.97. The van der Waals surface area contributed by atoms with E-state index in [1.165, 1.54) is 0 Å². The minimum absolute atomic E-state index is 0.0124. The number of ether oxygens (including phenoxy) is 1. The van der Waals surface area contributed by atoms with Gasteiger partial charge < -0.3 is 14.3 Å². The highest BCUT2D eigenvalue weighted by molar-refractivity contribution is 5.91. The number of pyridine rings is 1. The number of aromatic amines is 1. The molecule has 0 aliphatic rings. The number of nitrogens with zero attached hydrogens (tertiary/aromatic N) is 2. The van der Waals surface area contributed by atoms with Crippen LogP contribution in [0.3, 0.4) is 0 Å². The van der Waals surface area contributed by atoms with Crippen LogP contribution in [0.15, 0.2) is 66.1 Å². The molecule has 5 nitrogen and oxygen atoms in total. The van der Waals surface area contributed by atoms with Crippen LogP contribution >= 0.6 is 0 Å². The molecule has 2 aromatic carbocycles. The number of rotatable bonds is 3. The van der Waals surface area contributed by atoms with Crippen molar-refractivity contribution in [3.63, 3.8) is 0 Å². The van der Waals surface area contributed by atoms with E-state index < -0.39 is 0 Å². The van der Waals surface area contributed by atoms with Crippen LogP contribution in [0, 0.1) is 6.92 Å². The van der Waals surface area contributed by atoms with Crippen molar-refractivity contribution in [1.29, 1.82) is 0 Å². The zero-order valence-corrected chi connectivity index (χ0v) is 14.0. The molecule has 0 unspecified atom stereocenters. The average molecular weight is 331 g/mol. The number of aromatic nitrogens is 3. The van der Waals surface area contributed by atoms with Crippen molar-refractivity contribution in [2.75, 3.05) is 7.11 Å². The van der Waals surface area contributed by atoms with Crippen molar-refractivity contribution in [2.24, 2.45) is 0 Å². The molecular weight excluding hydrogens is 314 g/mol. The maximum atomic E-state index is 13.1. The van der Waals surface area contributed by atoms with Gasteiger partial charge >= 0.3 is 0 Å². The Bertz CT molecular complexity index is 1090. The fourth-order valence-electron chi connectivity index (χ4n) is 3.08. The number of H-pyrrole nitrogens is 1. The van der Waals surface area contributed by atoms with Crippen molar-refractivity contribution >= 4 is 10.9 Å². The molecule has 1 N–H and O–H groups in total. The van der Waals surface area contributed by atoms with E-state index in [1.54, 1.807) is 25.8 Å². The number of imidazole rings is 1. The Kier molecular flexibility index (Phi) is 3.61. The van der Waals surface area contributed by atoms with Crippen LogP contribution in [0.5, 0.6) is 5.75 Å². The van der Waals surface area contributed by atoms with E-state index in [1.807, 2.05) is 54.1 Å². The Morgan fingerprint density at radius 1 is 1.12 bits per heavy atom. The van der Waals surface area contributed by atoms with E-state index in [4.69, 9.17) is 4.74 Å². The summed E-state index contributed by atoms with van der Waals surface area (Å²) in [6, 6.07) is 11.4. The van der Waals surface area contributed by atoms with Gasteiger partial charge in [0, 0.05) is 24.2 Å². The van der Waals surface area contributed by atoms with Crippen molar-refractivity contribution in [1.82, 2.24) is 14.5 Å². The summed E-state index contributed by atoms with van der Waals surface area (Å²) >= 11 is 0. The smallest absolute Gasteiger partial charge is 0.197 e. The SMILES string of the molecule is COc1ccc(-c2c[nH]c3c(-n4ccnc4)ccc(C)c3c2=O)cc1. The third kappa shape index (κ3) is 2.50. The molecule has 5 heteroatoms. The van der Waals surface area contributed by atoms with Crippen LogP contribution in [-0.2, 0) is 0 Å². The predicted molar refractivity (Wildman–Crippen MR) is 98.4 cm³/mol. The van der Waals surface area contributed by atoms with E-state index in [2.05, 4.69) is 9.97 Å². The monoisotopic (exact) mass is 331 g/mol. The zero-order valence-electron chi connectivity index (χ0n) is 14.0. The zero-order chi connectivity index (χ0) is 17.4. The molecule has 2 aromatic heterocycles. The van der Waals surface area contributed by atoms with Gasteiger partial charge in [-0.2, -0.15) is 0 Å². The van der Waals surface area contributed by atoms with Crippen LogP contribution in [0.1, 0.15) is 5.56 Å². The van der Waals surface area contributed by atoms with Crippen molar-refractivity contribution in [3.8, 4) is 22.6 Å². The summed E-state index contributed by atoms with van der Waals surface area (Å²) in [5.74, 6) is 0.763. The Balaban J connectivity index is 1.96. The predicted octanol–water partition coefficient (Wildman–Crippen LogP) is 3.70. The molecule has 0 fully saturated rings. The van der Waals surface area contributed by atoms with E-state index in [-0.39, 0.29) is 5.43 Å². The molecule has 2 heterocycles. The van der Waals surface area contributed by atoms with Crippen molar-refractivity contribution in [2.45, 2.75) is 6.92 Å². The number of nitrogens with one attached hydrogen (secondary N) is 1. The van der Waals surface area contributed by atoms with E-state index in [9.17, 15) is 4.79 Å². The maximum absolute atomic E-state index is 13.1. The van der Waals surface area contributed by atoms with Gasteiger partial charge in [-0.1, -0.05) is 18.2 Å². The molecule has 0 radical (unpaired) electrons. The standard InChI is InChI=1S/C20H17N3O2/c1-13-3-8-17(23-10-9-21-12-23)19-18(13)20(24)16(11-22-19)14-4-6-15(25-2)7-5-14/h3-12H,1-2H3,(H,22,24). The molecule has 4 rings (SSSR count). The summed E-state index contributed by atoms with van der Waals surface area (Å²) in [5, 5.41) is 0.694. The first-order chi connectivity index (χ1) is 12.2. The van der Waals surface area contributed by atoms with Gasteiger partial charge in [-0.25, -0.2) is 4.98 Å². The van der Waals surface area contributed by atoms with Crippen molar-refractivity contribution < 1.29 is 4.74 Å². The Hall–Kier alpha value is -3.34. The largest absolute Gasteiger partial charge is 0.497 e. The topological polar surface area (TPSA) is 59.9 Å². The molecule has 25 heavy (non-hydrogen) atoms. The lowest BCUT2D eigenvalue weighted by molar-refractivity contribution is 0.415. The number of benzene rings is 2. The van der Waals surface area contributed by atoms with Crippen LogP contribution < -0.4 is 10.2 Å². The fourth-order valence-corrected chi connectivity index (χ4v) is 3.08. The maximum Gasteiger partial charge on any atom is 0.197 e. The Morgan fingerprint density at radius 3 is 2.60 bits per heavy atom. The van der Waals surface area contributed by atoms with Crippen LogP contribution in [0.4, 0.5) is 0 Å². The highest BCUT2D eigenvalue weighted by atomic mass is 16.5. The van der Waals surface area contributed by atoms with Gasteiger partial charge in [-0.15, -0.1) is 0 Å². The minimum atomic E-state index is 0.0124. The highest BCUT2D eigenvalue weighted by Gasteiger charge is 2.13. The molecule has 0 atom stereocenters. The van der Waals surface area contributed by atoms with E-state index in [0.717, 1.165) is 28.1 Å². The molecular formula is C20H17N3O2. The normalized spacial score (nSPS) is 11.0. The van der Waals surface area contributed by atoms with Gasteiger partial charge in [0.2, 0.25) is 0 Å². The van der Waals surface area contributed by atoms with Gasteiger partial charge in [-0.3, -0.25) is 4.79 Å². The quantitative estimate of drug-likeness (QED) is 0.623. The summed E-state index contributed by atoms with van der Waals surface area (Å²) in [7, 11) is 1.62. The summed E-state index contributed by atoms with van der Waals surface area (Å²) in [5.41, 5.74) is 4.16. The third-order valence-corrected chi connectivity index (χ3v) is 4.41. The first-order valence-corrected chi connectivity index (χ1v) is 7.97. The molecule has 0 aliphatic heterocycles. The number of hydrogen-bond acceptors (Lipinski definition) is 3. The van der Waals surface area contributed by atoms with Crippen LogP contribution in [0.25, 0.3) is 27.7 Å². The first kappa shape index (κ1) is 15.2. The van der Waals surface area contributed by atoms with E-state index in [0.29, 0.717) is 10.9 Å². The number of hydrogen-bond donors (Lipinski definition) is 1. The summed E-state index contributed by atoms with van der Waals surface area (Å²) in [4.78, 5) is 20.5. The van der Waals surface area contributed by atoms with E-state index >= 15 is 0 Å². The lowest BCUT2D eigenvalue weighted by Gasteiger charge is -2.11. The summed E-state index contributed by atoms with van der Waals surface area (Å²) in [6.45, 7) is 1.95. The molecule has 0 saturated heterocycles. The average Bonchev–Trinajstić information content (AvgIpc) is 3.17. The second-order valence-corrected chi connectivity index (χ2v) is 5.88. The molecule has 0 aliphatic carbocycles. The second kappa shape index (κ2) is 5.94. The third-order valence-electron chi connectivity index (χ3n) is 4.41. The fraction of sp³-hybridized carbons (Fsp3) is 0.100. The van der Waals surface area contributed by atoms with Gasteiger partial charge in [0.1, 0.15) is 5.75 Å². The Labute approximate surface area is 144 Å². The molecule has 124 valence electrons. The minimum Gasteiger partial charge on any atom is -0.497 e. The van der Waals surface area contributed by atoms with Crippen LogP contribution in [0.2, 0.25) is 0 Å². The van der Waals surface area contributed by atoms with Crippen molar-refractivity contribution in [3.05, 3.63) is 77.1 Å². The summed E-state index contributed by atoms with van der Waals surface area (Å²) in [6.07, 6.45) is 7.07. The number of methoxy groups -OCH3 is 1. The summed E-state index contributed by atoms with van der Waals surface area (Å²) < 4.78 is 7.08. The number of fused-ring (bicyclic) bond motifs is 1. The molecule has 0 saturated carbocycles. The van der Waals surface area contributed by atoms with Gasteiger partial charge in [0.05, 0.1) is 30.0 Å². The van der Waals surface area contributed by atoms with Gasteiger partial charge in [0.25, 0.3) is 0 Å². The molecule has 0 bridgehead atoms. The highest BCUT2D eigenvalue weighted by Crippen LogP contribution is 2.25. The number of aryl methyl sites for hydroxylation is 1. The Morgan fingerprint density at radius 2 is 1.92 bits per heavy atom. The lowest BCUT2D eigenvalue weighted by atomic mass is 10.0. The lowest BCUT2D eigenvalue weighted by Crippen LogP contribution is -2.09.